The molecule has 2 aromatic rings. The number of nitrogens with one attached hydrogen (secondary N) is 2. The molecular formula is C21H25N3O3. The van der Waals surface area contributed by atoms with Gasteiger partial charge in [0.05, 0.1) is 12.8 Å². The summed E-state index contributed by atoms with van der Waals surface area (Å²) in [5.41, 5.74) is 4.83. The molecule has 2 aromatic carbocycles. The maximum Gasteiger partial charge on any atom is 0.329 e. The Morgan fingerprint density at radius 2 is 1.63 bits per heavy atom. The van der Waals surface area contributed by atoms with Crippen molar-refractivity contribution in [2.24, 2.45) is 5.10 Å². The Morgan fingerprint density at radius 1 is 1.00 bits per heavy atom. The van der Waals surface area contributed by atoms with E-state index in [9.17, 15) is 9.59 Å². The monoisotopic (exact) mass is 367 g/mol. The molecule has 27 heavy (non-hydrogen) atoms. The van der Waals surface area contributed by atoms with Gasteiger partial charge in [-0.05, 0) is 47.7 Å². The fraction of sp³-hybridized carbons (Fsp3) is 0.286. The van der Waals surface area contributed by atoms with Crippen LogP contribution in [0.15, 0.2) is 53.6 Å². The Labute approximate surface area is 159 Å². The minimum Gasteiger partial charge on any atom is -0.494 e. The molecule has 0 aliphatic rings. The molecule has 0 fully saturated rings. The highest BCUT2D eigenvalue weighted by atomic mass is 16.5. The van der Waals surface area contributed by atoms with Gasteiger partial charge in [-0.3, -0.25) is 9.59 Å². The summed E-state index contributed by atoms with van der Waals surface area (Å²) in [6.45, 7) is 8.86. The molecule has 0 bridgehead atoms. The quantitative estimate of drug-likeness (QED) is 0.482. The van der Waals surface area contributed by atoms with E-state index in [1.807, 2.05) is 31.2 Å². The van der Waals surface area contributed by atoms with Crippen LogP contribution in [0.1, 0.15) is 38.8 Å². The predicted molar refractivity (Wildman–Crippen MR) is 107 cm³/mol. The van der Waals surface area contributed by atoms with Gasteiger partial charge in [0.15, 0.2) is 0 Å². The Hall–Kier alpha value is -3.15. The Balaban J connectivity index is 1.87. The second-order valence-electron chi connectivity index (χ2n) is 6.98. The Morgan fingerprint density at radius 3 is 2.19 bits per heavy atom. The Kier molecular flexibility index (Phi) is 6.71. The molecule has 2 rings (SSSR count). The minimum absolute atomic E-state index is 0.0723. The van der Waals surface area contributed by atoms with Crippen LogP contribution in [0.5, 0.6) is 5.75 Å². The number of hydrogen-bond acceptors (Lipinski definition) is 4. The van der Waals surface area contributed by atoms with Gasteiger partial charge in [0, 0.05) is 5.69 Å². The number of nitrogens with zero attached hydrogens (tertiary/aromatic N) is 1. The van der Waals surface area contributed by atoms with Crippen molar-refractivity contribution in [1.29, 1.82) is 0 Å². The van der Waals surface area contributed by atoms with Crippen LogP contribution < -0.4 is 15.5 Å². The highest BCUT2D eigenvalue weighted by Crippen LogP contribution is 2.21. The van der Waals surface area contributed by atoms with Crippen molar-refractivity contribution in [2.75, 3.05) is 11.9 Å². The topological polar surface area (TPSA) is 79.8 Å². The standard InChI is InChI=1S/C21H25N3O3/c1-5-27-18-12-10-17(11-13-18)23-19(25)20(26)24-22-14-15-6-8-16(9-7-15)21(2,3)4/h6-14H,5H2,1-4H3,(H,23,25)(H,24,26)/b22-14-. The van der Waals surface area contributed by atoms with E-state index in [0.717, 1.165) is 5.56 Å². The molecular weight excluding hydrogens is 342 g/mol. The summed E-state index contributed by atoms with van der Waals surface area (Å²) >= 11 is 0. The number of ether oxygens (including phenoxy) is 1. The average Bonchev–Trinajstić information content (AvgIpc) is 2.63. The number of carbonyl (C=O) groups is 2. The molecule has 0 aliphatic carbocycles. The third-order valence-electron chi connectivity index (χ3n) is 3.79. The van der Waals surface area contributed by atoms with Gasteiger partial charge in [-0.15, -0.1) is 0 Å². The number of carbonyl (C=O) groups excluding carboxylic acids is 2. The molecule has 0 spiro atoms. The summed E-state index contributed by atoms with van der Waals surface area (Å²) < 4.78 is 5.32. The lowest BCUT2D eigenvalue weighted by Crippen LogP contribution is -2.32. The largest absolute Gasteiger partial charge is 0.494 e. The molecule has 6 heteroatoms. The molecule has 0 saturated carbocycles. The van der Waals surface area contributed by atoms with E-state index in [1.165, 1.54) is 11.8 Å². The van der Waals surface area contributed by atoms with E-state index in [1.54, 1.807) is 24.3 Å². The van der Waals surface area contributed by atoms with Crippen LogP contribution in [0.3, 0.4) is 0 Å². The first-order valence-electron chi connectivity index (χ1n) is 8.77. The van der Waals surface area contributed by atoms with Crippen LogP contribution in [0.25, 0.3) is 0 Å². The van der Waals surface area contributed by atoms with Crippen LogP contribution in [0.2, 0.25) is 0 Å². The maximum absolute atomic E-state index is 11.9. The zero-order valence-corrected chi connectivity index (χ0v) is 16.1. The van der Waals surface area contributed by atoms with Gasteiger partial charge in [-0.25, -0.2) is 5.43 Å². The third-order valence-corrected chi connectivity index (χ3v) is 3.79. The second kappa shape index (κ2) is 8.98. The molecule has 142 valence electrons. The van der Waals surface area contributed by atoms with Gasteiger partial charge in [0.2, 0.25) is 0 Å². The highest BCUT2D eigenvalue weighted by Gasteiger charge is 2.14. The van der Waals surface area contributed by atoms with Gasteiger partial charge in [0.1, 0.15) is 5.75 Å². The summed E-state index contributed by atoms with van der Waals surface area (Å²) in [4.78, 5) is 23.7. The molecule has 0 atom stereocenters. The van der Waals surface area contributed by atoms with Crippen LogP contribution >= 0.6 is 0 Å². The molecule has 6 nitrogen and oxygen atoms in total. The first kappa shape index (κ1) is 20.2. The Bertz CT molecular complexity index is 804. The van der Waals surface area contributed by atoms with Crippen LogP contribution in [0.4, 0.5) is 5.69 Å². The summed E-state index contributed by atoms with van der Waals surface area (Å²) in [5.74, 6) is -0.937. The van der Waals surface area contributed by atoms with Gasteiger partial charge >= 0.3 is 11.8 Å². The molecule has 0 aromatic heterocycles. The van der Waals surface area contributed by atoms with E-state index in [0.29, 0.717) is 18.0 Å². The van der Waals surface area contributed by atoms with E-state index < -0.39 is 11.8 Å². The smallest absolute Gasteiger partial charge is 0.329 e. The summed E-state index contributed by atoms with van der Waals surface area (Å²) in [5, 5.41) is 6.33. The van der Waals surface area contributed by atoms with Gasteiger partial charge in [-0.2, -0.15) is 5.10 Å². The van der Waals surface area contributed by atoms with E-state index >= 15 is 0 Å². The lowest BCUT2D eigenvalue weighted by Gasteiger charge is -2.18. The number of hydrogen-bond donors (Lipinski definition) is 2. The van der Waals surface area contributed by atoms with Crippen molar-refractivity contribution < 1.29 is 14.3 Å². The highest BCUT2D eigenvalue weighted by molar-refractivity contribution is 6.39. The molecule has 0 unspecified atom stereocenters. The van der Waals surface area contributed by atoms with Crippen molar-refractivity contribution in [3.8, 4) is 5.75 Å². The molecule has 0 saturated heterocycles. The summed E-state index contributed by atoms with van der Waals surface area (Å²) in [6.07, 6.45) is 1.49. The van der Waals surface area contributed by atoms with Crippen molar-refractivity contribution >= 4 is 23.7 Å². The zero-order valence-electron chi connectivity index (χ0n) is 16.1. The molecule has 0 radical (unpaired) electrons. The number of benzene rings is 2. The van der Waals surface area contributed by atoms with Crippen LogP contribution in [-0.4, -0.2) is 24.6 Å². The van der Waals surface area contributed by atoms with Crippen molar-refractivity contribution in [3.05, 3.63) is 59.7 Å². The van der Waals surface area contributed by atoms with Gasteiger partial charge in [0.25, 0.3) is 0 Å². The van der Waals surface area contributed by atoms with Crippen molar-refractivity contribution in [3.63, 3.8) is 0 Å². The summed E-state index contributed by atoms with van der Waals surface area (Å²) in [6, 6.07) is 14.6. The fourth-order valence-electron chi connectivity index (χ4n) is 2.27. The minimum atomic E-state index is -0.841. The lowest BCUT2D eigenvalue weighted by molar-refractivity contribution is -0.136. The lowest BCUT2D eigenvalue weighted by atomic mass is 9.87. The first-order chi connectivity index (χ1) is 12.8. The van der Waals surface area contributed by atoms with Crippen molar-refractivity contribution in [2.45, 2.75) is 33.1 Å². The van der Waals surface area contributed by atoms with Crippen molar-refractivity contribution in [1.82, 2.24) is 5.43 Å². The zero-order chi connectivity index (χ0) is 19.9. The van der Waals surface area contributed by atoms with Gasteiger partial charge in [-0.1, -0.05) is 45.0 Å². The SMILES string of the molecule is CCOc1ccc(NC(=O)C(=O)N/N=C\c2ccc(C(C)(C)C)cc2)cc1. The molecule has 0 aliphatic heterocycles. The second-order valence-corrected chi connectivity index (χ2v) is 6.98. The number of hydrazone groups is 1. The van der Waals surface area contributed by atoms with Crippen LogP contribution in [0, 0.1) is 0 Å². The molecule has 2 amide bonds. The number of amides is 2. The first-order valence-corrected chi connectivity index (χ1v) is 8.77. The summed E-state index contributed by atoms with van der Waals surface area (Å²) in [7, 11) is 0. The van der Waals surface area contributed by atoms with E-state index in [4.69, 9.17) is 4.74 Å². The normalized spacial score (nSPS) is 11.3. The average molecular weight is 367 g/mol. The number of rotatable bonds is 5. The predicted octanol–water partition coefficient (Wildman–Crippen LogP) is 3.47. The number of anilines is 1. The maximum atomic E-state index is 11.9. The van der Waals surface area contributed by atoms with Gasteiger partial charge < -0.3 is 10.1 Å². The van der Waals surface area contributed by atoms with E-state index in [2.05, 4.69) is 36.6 Å². The molecule has 2 N–H and O–H groups in total. The van der Waals surface area contributed by atoms with Crippen LogP contribution in [-0.2, 0) is 15.0 Å². The molecule has 0 heterocycles. The van der Waals surface area contributed by atoms with E-state index in [-0.39, 0.29) is 5.41 Å². The fourth-order valence-corrected chi connectivity index (χ4v) is 2.27. The third kappa shape index (κ3) is 6.26.